The van der Waals surface area contributed by atoms with Gasteiger partial charge in [0.25, 0.3) is 0 Å². The van der Waals surface area contributed by atoms with Gasteiger partial charge in [-0.2, -0.15) is 0 Å². The summed E-state index contributed by atoms with van der Waals surface area (Å²) < 4.78 is 0. The van der Waals surface area contributed by atoms with Gasteiger partial charge in [-0.1, -0.05) is 36.7 Å². The Morgan fingerprint density at radius 3 is 2.65 bits per heavy atom. The molecule has 20 heavy (non-hydrogen) atoms. The highest BCUT2D eigenvalue weighted by atomic mass is 35.5. The van der Waals surface area contributed by atoms with E-state index in [2.05, 4.69) is 0 Å². The highest BCUT2D eigenvalue weighted by Crippen LogP contribution is 2.25. The third-order valence-corrected chi connectivity index (χ3v) is 4.29. The van der Waals surface area contributed by atoms with Crippen LogP contribution in [0.5, 0.6) is 0 Å². The van der Waals surface area contributed by atoms with Crippen molar-refractivity contribution < 1.29 is 14.7 Å². The van der Waals surface area contributed by atoms with Crippen molar-refractivity contribution in [3.05, 3.63) is 34.9 Å². The van der Waals surface area contributed by atoms with Crippen molar-refractivity contribution in [1.82, 2.24) is 4.90 Å². The molecule has 0 aromatic heterocycles. The number of halogens is 1. The maximum Gasteiger partial charge on any atom is 0.306 e. The number of aliphatic carboxylic acids is 1. The highest BCUT2D eigenvalue weighted by Gasteiger charge is 2.36. The van der Waals surface area contributed by atoms with Crippen LogP contribution in [-0.2, 0) is 16.0 Å². The molecular formula is C15H18ClNO3. The van der Waals surface area contributed by atoms with Crippen molar-refractivity contribution in [1.29, 1.82) is 0 Å². The number of benzene rings is 1. The second-order valence-corrected chi connectivity index (χ2v) is 5.68. The van der Waals surface area contributed by atoms with Gasteiger partial charge in [-0.15, -0.1) is 0 Å². The van der Waals surface area contributed by atoms with Crippen LogP contribution in [0.4, 0.5) is 0 Å². The predicted molar refractivity (Wildman–Crippen MR) is 76.6 cm³/mol. The Balaban J connectivity index is 1.78. The van der Waals surface area contributed by atoms with E-state index in [0.29, 0.717) is 31.0 Å². The van der Waals surface area contributed by atoms with E-state index in [4.69, 9.17) is 16.7 Å². The molecule has 2 rings (SSSR count). The summed E-state index contributed by atoms with van der Waals surface area (Å²) in [4.78, 5) is 24.5. The molecule has 1 aromatic carbocycles. The minimum Gasteiger partial charge on any atom is -0.481 e. The van der Waals surface area contributed by atoms with E-state index in [0.717, 1.165) is 5.56 Å². The first-order valence-corrected chi connectivity index (χ1v) is 7.11. The van der Waals surface area contributed by atoms with Gasteiger partial charge in [0.05, 0.1) is 5.92 Å². The molecule has 1 atom stereocenters. The van der Waals surface area contributed by atoms with Crippen molar-refractivity contribution >= 4 is 23.5 Å². The number of rotatable bonds is 5. The Labute approximate surface area is 123 Å². The van der Waals surface area contributed by atoms with Gasteiger partial charge in [0.15, 0.2) is 0 Å². The lowest BCUT2D eigenvalue weighted by atomic mass is 9.87. The zero-order valence-electron chi connectivity index (χ0n) is 11.4. The van der Waals surface area contributed by atoms with Crippen LogP contribution in [0.3, 0.4) is 0 Å². The van der Waals surface area contributed by atoms with E-state index >= 15 is 0 Å². The van der Waals surface area contributed by atoms with Gasteiger partial charge in [0.2, 0.25) is 5.91 Å². The normalized spacial score (nSPS) is 16.6. The zero-order valence-corrected chi connectivity index (χ0v) is 12.1. The molecule has 1 saturated heterocycles. The smallest absolute Gasteiger partial charge is 0.306 e. The molecule has 1 unspecified atom stereocenters. The maximum atomic E-state index is 12.0. The molecule has 1 fully saturated rings. The number of carboxylic acids is 1. The summed E-state index contributed by atoms with van der Waals surface area (Å²) in [5.74, 6) is -1.03. The van der Waals surface area contributed by atoms with Crippen LogP contribution in [-0.4, -0.2) is 35.0 Å². The lowest BCUT2D eigenvalue weighted by Gasteiger charge is -2.41. The number of hydrogen-bond donors (Lipinski definition) is 1. The average Bonchev–Trinajstić information content (AvgIpc) is 2.35. The monoisotopic (exact) mass is 295 g/mol. The maximum absolute atomic E-state index is 12.0. The van der Waals surface area contributed by atoms with Crippen LogP contribution in [0, 0.1) is 11.8 Å². The van der Waals surface area contributed by atoms with Crippen molar-refractivity contribution in [3.63, 3.8) is 0 Å². The minimum atomic E-state index is -0.793. The quantitative estimate of drug-likeness (QED) is 0.908. The molecule has 0 radical (unpaired) electrons. The van der Waals surface area contributed by atoms with Crippen LogP contribution in [0.25, 0.3) is 0 Å². The fourth-order valence-corrected chi connectivity index (χ4v) is 2.57. The molecule has 108 valence electrons. The van der Waals surface area contributed by atoms with Crippen LogP contribution < -0.4 is 0 Å². The van der Waals surface area contributed by atoms with Crippen LogP contribution in [0.15, 0.2) is 24.3 Å². The van der Waals surface area contributed by atoms with Gasteiger partial charge in [-0.25, -0.2) is 0 Å². The van der Waals surface area contributed by atoms with Crippen LogP contribution in [0.2, 0.25) is 5.02 Å². The van der Waals surface area contributed by atoms with E-state index in [1.807, 2.05) is 24.3 Å². The van der Waals surface area contributed by atoms with E-state index in [9.17, 15) is 9.59 Å². The van der Waals surface area contributed by atoms with Crippen LogP contribution >= 0.6 is 11.6 Å². The zero-order chi connectivity index (χ0) is 14.7. The van der Waals surface area contributed by atoms with Gasteiger partial charge in [0, 0.05) is 30.5 Å². The molecule has 5 heteroatoms. The Bertz CT molecular complexity index is 512. The molecule has 1 aliphatic rings. The largest absolute Gasteiger partial charge is 0.481 e. The first kappa shape index (κ1) is 14.9. The summed E-state index contributed by atoms with van der Waals surface area (Å²) >= 11 is 6.04. The molecule has 0 aliphatic carbocycles. The first-order chi connectivity index (χ1) is 9.49. The number of amides is 1. The molecule has 1 amide bonds. The summed E-state index contributed by atoms with van der Waals surface area (Å²) in [6.45, 7) is 2.79. The molecule has 0 saturated carbocycles. The summed E-state index contributed by atoms with van der Waals surface area (Å²) in [5.41, 5.74) is 0.971. The molecular weight excluding hydrogens is 278 g/mol. The number of carboxylic acid groups (broad SMARTS) is 1. The van der Waals surface area contributed by atoms with Crippen molar-refractivity contribution in [2.45, 2.75) is 19.8 Å². The molecule has 0 bridgehead atoms. The Morgan fingerprint density at radius 2 is 2.05 bits per heavy atom. The lowest BCUT2D eigenvalue weighted by molar-refractivity contribution is -0.150. The van der Waals surface area contributed by atoms with E-state index in [-0.39, 0.29) is 17.7 Å². The number of carbonyl (C=O) groups excluding carboxylic acids is 1. The van der Waals surface area contributed by atoms with E-state index < -0.39 is 5.97 Å². The van der Waals surface area contributed by atoms with Crippen molar-refractivity contribution in [2.24, 2.45) is 11.8 Å². The topological polar surface area (TPSA) is 57.6 Å². The first-order valence-electron chi connectivity index (χ1n) is 6.73. The SMILES string of the molecule is CC(C(=O)O)C1CN(C(=O)CCc2ccccc2Cl)C1. The van der Waals surface area contributed by atoms with Crippen molar-refractivity contribution in [2.75, 3.05) is 13.1 Å². The second kappa shape index (κ2) is 6.27. The Hall–Kier alpha value is -1.55. The highest BCUT2D eigenvalue weighted by molar-refractivity contribution is 6.31. The molecule has 1 aliphatic heterocycles. The number of likely N-dealkylation sites (tertiary alicyclic amines) is 1. The second-order valence-electron chi connectivity index (χ2n) is 5.28. The number of aryl methyl sites for hydroxylation is 1. The molecule has 1 aromatic rings. The summed E-state index contributed by atoms with van der Waals surface area (Å²) in [5, 5.41) is 9.59. The summed E-state index contributed by atoms with van der Waals surface area (Å²) in [6, 6.07) is 7.50. The van der Waals surface area contributed by atoms with Gasteiger partial charge >= 0.3 is 5.97 Å². The van der Waals surface area contributed by atoms with Gasteiger partial charge < -0.3 is 10.0 Å². The fraction of sp³-hybridized carbons (Fsp3) is 0.467. The van der Waals surface area contributed by atoms with Gasteiger partial charge in [-0.3, -0.25) is 9.59 Å². The molecule has 1 heterocycles. The molecule has 4 nitrogen and oxygen atoms in total. The Kier molecular flexibility index (Phi) is 4.65. The van der Waals surface area contributed by atoms with Gasteiger partial charge in [-0.05, 0) is 18.1 Å². The third kappa shape index (κ3) is 3.31. The molecule has 1 N–H and O–H groups in total. The summed E-state index contributed by atoms with van der Waals surface area (Å²) in [7, 11) is 0. The van der Waals surface area contributed by atoms with E-state index in [1.165, 1.54) is 0 Å². The summed E-state index contributed by atoms with van der Waals surface area (Å²) in [6.07, 6.45) is 1.03. The molecule has 0 spiro atoms. The number of hydrogen-bond acceptors (Lipinski definition) is 2. The standard InChI is InChI=1S/C15H18ClNO3/c1-10(15(19)20)12-8-17(9-12)14(18)7-6-11-4-2-3-5-13(11)16/h2-5,10,12H,6-9H2,1H3,(H,19,20). The average molecular weight is 296 g/mol. The van der Waals surface area contributed by atoms with Crippen LogP contribution in [0.1, 0.15) is 18.9 Å². The number of carbonyl (C=O) groups is 2. The van der Waals surface area contributed by atoms with Gasteiger partial charge in [0.1, 0.15) is 0 Å². The fourth-order valence-electron chi connectivity index (χ4n) is 2.34. The van der Waals surface area contributed by atoms with Crippen molar-refractivity contribution in [3.8, 4) is 0 Å². The lowest BCUT2D eigenvalue weighted by Crippen LogP contribution is -2.53. The number of nitrogens with zero attached hydrogens (tertiary/aromatic N) is 1. The predicted octanol–water partition coefficient (Wildman–Crippen LogP) is 2.45. The minimum absolute atomic E-state index is 0.0683. The van der Waals surface area contributed by atoms with E-state index in [1.54, 1.807) is 11.8 Å². The third-order valence-electron chi connectivity index (χ3n) is 3.93. The Morgan fingerprint density at radius 1 is 1.40 bits per heavy atom.